The number of carbonyl (C=O) groups excluding carboxylic acids is 1. The second-order valence-corrected chi connectivity index (χ2v) is 5.84. The van der Waals surface area contributed by atoms with Gasteiger partial charge in [-0.1, -0.05) is 51.8 Å². The number of rotatable bonds is 6. The van der Waals surface area contributed by atoms with Crippen LogP contribution in [-0.2, 0) is 4.79 Å². The quantitative estimate of drug-likeness (QED) is 0.870. The van der Waals surface area contributed by atoms with Gasteiger partial charge in [-0.3, -0.25) is 10.1 Å². The fourth-order valence-corrected chi connectivity index (χ4v) is 2.80. The lowest BCUT2D eigenvalue weighted by molar-refractivity contribution is -0.131. The van der Waals surface area contributed by atoms with Gasteiger partial charge in [-0.15, -0.1) is 0 Å². The number of hydrogen-bond donors (Lipinski definition) is 1. The van der Waals surface area contributed by atoms with Gasteiger partial charge in [0.15, 0.2) is 0 Å². The first-order valence-electron chi connectivity index (χ1n) is 7.91. The summed E-state index contributed by atoms with van der Waals surface area (Å²) >= 11 is 0. The van der Waals surface area contributed by atoms with Crippen LogP contribution in [0.15, 0.2) is 24.3 Å². The third-order valence-electron chi connectivity index (χ3n) is 4.36. The Bertz CT molecular complexity index is 491. The SMILES string of the molecule is CCCCN1C(=O)C(C(C)CC)NC1c1ccccc1F. The van der Waals surface area contributed by atoms with Gasteiger partial charge in [0, 0.05) is 12.1 Å². The number of nitrogens with one attached hydrogen (secondary N) is 1. The first kappa shape index (κ1) is 16.0. The van der Waals surface area contributed by atoms with Crippen molar-refractivity contribution in [3.63, 3.8) is 0 Å². The first-order valence-corrected chi connectivity index (χ1v) is 7.91. The third kappa shape index (κ3) is 3.26. The fraction of sp³-hybridized carbons (Fsp3) is 0.588. The zero-order chi connectivity index (χ0) is 15.4. The van der Waals surface area contributed by atoms with Gasteiger partial charge in [0.1, 0.15) is 12.0 Å². The monoisotopic (exact) mass is 292 g/mol. The molecular weight excluding hydrogens is 267 g/mol. The van der Waals surface area contributed by atoms with Crippen LogP contribution in [0.4, 0.5) is 4.39 Å². The van der Waals surface area contributed by atoms with Crippen LogP contribution in [0.5, 0.6) is 0 Å². The lowest BCUT2D eigenvalue weighted by Gasteiger charge is -2.24. The van der Waals surface area contributed by atoms with Crippen molar-refractivity contribution >= 4 is 5.91 Å². The van der Waals surface area contributed by atoms with E-state index in [0.29, 0.717) is 12.1 Å². The first-order chi connectivity index (χ1) is 10.1. The van der Waals surface area contributed by atoms with Crippen LogP contribution in [0.2, 0.25) is 0 Å². The largest absolute Gasteiger partial charge is 0.321 e. The summed E-state index contributed by atoms with van der Waals surface area (Å²) in [7, 11) is 0. The lowest BCUT2D eigenvalue weighted by atomic mass is 9.99. The van der Waals surface area contributed by atoms with Crippen molar-refractivity contribution in [1.29, 1.82) is 0 Å². The summed E-state index contributed by atoms with van der Waals surface area (Å²) in [6.07, 6.45) is 2.53. The standard InChI is InChI=1S/C17H25FN2O/c1-4-6-11-20-16(13-9-7-8-10-14(13)18)19-15(17(20)21)12(3)5-2/h7-10,12,15-16,19H,4-6,11H2,1-3H3. The average Bonchev–Trinajstić information content (AvgIpc) is 2.81. The summed E-state index contributed by atoms with van der Waals surface area (Å²) in [5, 5.41) is 3.34. The number of carbonyl (C=O) groups is 1. The van der Waals surface area contributed by atoms with Crippen molar-refractivity contribution < 1.29 is 9.18 Å². The Morgan fingerprint density at radius 3 is 2.67 bits per heavy atom. The number of hydrogen-bond acceptors (Lipinski definition) is 2. The minimum atomic E-state index is -0.343. The second-order valence-electron chi connectivity index (χ2n) is 5.84. The molecular formula is C17H25FN2O. The van der Waals surface area contributed by atoms with E-state index in [-0.39, 0.29) is 29.8 Å². The molecule has 116 valence electrons. The highest BCUT2D eigenvalue weighted by Crippen LogP contribution is 2.30. The minimum absolute atomic E-state index is 0.103. The highest BCUT2D eigenvalue weighted by atomic mass is 19.1. The van der Waals surface area contributed by atoms with Crippen molar-refractivity contribution in [2.24, 2.45) is 5.92 Å². The molecule has 1 saturated heterocycles. The van der Waals surface area contributed by atoms with E-state index in [0.717, 1.165) is 19.3 Å². The van der Waals surface area contributed by atoms with Gasteiger partial charge < -0.3 is 4.90 Å². The molecule has 1 amide bonds. The molecule has 1 aromatic rings. The van der Waals surface area contributed by atoms with E-state index in [1.54, 1.807) is 17.0 Å². The smallest absolute Gasteiger partial charge is 0.241 e. The maximum absolute atomic E-state index is 14.1. The maximum Gasteiger partial charge on any atom is 0.241 e. The fourth-order valence-electron chi connectivity index (χ4n) is 2.80. The zero-order valence-electron chi connectivity index (χ0n) is 13.1. The van der Waals surface area contributed by atoms with E-state index in [9.17, 15) is 9.18 Å². The molecule has 1 N–H and O–H groups in total. The zero-order valence-corrected chi connectivity index (χ0v) is 13.1. The summed E-state index contributed by atoms with van der Waals surface area (Å²) < 4.78 is 14.1. The Labute approximate surface area is 126 Å². The predicted octanol–water partition coefficient (Wildman–Crippen LogP) is 3.47. The number of nitrogens with zero attached hydrogens (tertiary/aromatic N) is 1. The molecule has 0 aliphatic carbocycles. The summed E-state index contributed by atoms with van der Waals surface area (Å²) in [6, 6.07) is 6.50. The average molecular weight is 292 g/mol. The van der Waals surface area contributed by atoms with E-state index in [4.69, 9.17) is 0 Å². The Balaban J connectivity index is 2.28. The Morgan fingerprint density at radius 1 is 1.33 bits per heavy atom. The van der Waals surface area contributed by atoms with Crippen LogP contribution in [0.25, 0.3) is 0 Å². The van der Waals surface area contributed by atoms with E-state index in [2.05, 4.69) is 26.1 Å². The van der Waals surface area contributed by atoms with Crippen molar-refractivity contribution in [1.82, 2.24) is 10.2 Å². The number of benzene rings is 1. The summed E-state index contributed by atoms with van der Waals surface area (Å²) in [5.41, 5.74) is 0.563. The van der Waals surface area contributed by atoms with Gasteiger partial charge in [0.05, 0.1) is 6.04 Å². The molecule has 1 aliphatic rings. The molecule has 0 saturated carbocycles. The Kier molecular flexibility index (Phi) is 5.34. The Hall–Kier alpha value is -1.42. The molecule has 4 heteroatoms. The van der Waals surface area contributed by atoms with E-state index < -0.39 is 0 Å². The van der Waals surface area contributed by atoms with Crippen LogP contribution in [-0.4, -0.2) is 23.4 Å². The van der Waals surface area contributed by atoms with Crippen molar-refractivity contribution in [3.8, 4) is 0 Å². The topological polar surface area (TPSA) is 32.3 Å². The minimum Gasteiger partial charge on any atom is -0.321 e. The van der Waals surface area contributed by atoms with Crippen molar-refractivity contribution in [3.05, 3.63) is 35.6 Å². The normalized spacial score (nSPS) is 23.6. The van der Waals surface area contributed by atoms with Crippen LogP contribution in [0.1, 0.15) is 51.8 Å². The summed E-state index contributed by atoms with van der Waals surface area (Å²) in [4.78, 5) is 14.5. The van der Waals surface area contributed by atoms with Gasteiger partial charge in [-0.05, 0) is 18.4 Å². The molecule has 0 aromatic heterocycles. The van der Waals surface area contributed by atoms with E-state index >= 15 is 0 Å². The molecule has 0 bridgehead atoms. The second kappa shape index (κ2) is 7.03. The molecule has 1 heterocycles. The van der Waals surface area contributed by atoms with E-state index in [1.165, 1.54) is 6.07 Å². The third-order valence-corrected chi connectivity index (χ3v) is 4.36. The molecule has 3 atom stereocenters. The molecule has 3 nitrogen and oxygen atoms in total. The molecule has 0 spiro atoms. The van der Waals surface area contributed by atoms with E-state index in [1.807, 2.05) is 6.07 Å². The molecule has 1 aromatic carbocycles. The number of amides is 1. The summed E-state index contributed by atoms with van der Waals surface area (Å²) in [6.45, 7) is 6.91. The van der Waals surface area contributed by atoms with Gasteiger partial charge in [-0.2, -0.15) is 0 Å². The highest BCUT2D eigenvalue weighted by Gasteiger charge is 2.41. The molecule has 21 heavy (non-hydrogen) atoms. The number of unbranched alkanes of at least 4 members (excludes halogenated alkanes) is 1. The van der Waals surface area contributed by atoms with Crippen molar-refractivity contribution in [2.75, 3.05) is 6.54 Å². The number of halogens is 1. The lowest BCUT2D eigenvalue weighted by Crippen LogP contribution is -2.35. The van der Waals surface area contributed by atoms with Gasteiger partial charge in [0.2, 0.25) is 5.91 Å². The summed E-state index contributed by atoms with van der Waals surface area (Å²) in [5.74, 6) is 0.0959. The van der Waals surface area contributed by atoms with Gasteiger partial charge >= 0.3 is 0 Å². The molecule has 0 radical (unpaired) electrons. The van der Waals surface area contributed by atoms with Crippen LogP contribution >= 0.6 is 0 Å². The van der Waals surface area contributed by atoms with Crippen molar-refractivity contribution in [2.45, 2.75) is 52.2 Å². The molecule has 1 aliphatic heterocycles. The molecule has 2 rings (SSSR count). The highest BCUT2D eigenvalue weighted by molar-refractivity contribution is 5.84. The molecule has 1 fully saturated rings. The van der Waals surface area contributed by atoms with Crippen LogP contribution in [0.3, 0.4) is 0 Å². The molecule has 3 unspecified atom stereocenters. The van der Waals surface area contributed by atoms with Gasteiger partial charge in [-0.25, -0.2) is 4.39 Å². The van der Waals surface area contributed by atoms with Gasteiger partial charge in [0.25, 0.3) is 0 Å². The van der Waals surface area contributed by atoms with Crippen LogP contribution < -0.4 is 5.32 Å². The maximum atomic E-state index is 14.1. The van der Waals surface area contributed by atoms with Crippen LogP contribution in [0, 0.1) is 11.7 Å². The Morgan fingerprint density at radius 2 is 2.05 bits per heavy atom. The predicted molar refractivity (Wildman–Crippen MR) is 82.1 cm³/mol.